The lowest BCUT2D eigenvalue weighted by molar-refractivity contribution is -0.131. The van der Waals surface area contributed by atoms with E-state index in [0.29, 0.717) is 12.3 Å². The minimum Gasteiger partial charge on any atom is -0.393 e. The molecule has 1 aliphatic carbocycles. The van der Waals surface area contributed by atoms with Crippen molar-refractivity contribution in [1.82, 2.24) is 4.90 Å². The number of carbonyl (C=O) groups excluding carboxylic acids is 1. The number of aliphatic hydroxyl groups excluding tert-OH is 1. The van der Waals surface area contributed by atoms with E-state index in [0.717, 1.165) is 25.8 Å². The second-order valence-electron chi connectivity index (χ2n) is 5.69. The fourth-order valence-corrected chi connectivity index (χ4v) is 2.66. The monoisotopic (exact) mass is 261 g/mol. The minimum absolute atomic E-state index is 0.138. The van der Waals surface area contributed by atoms with Gasteiger partial charge in [-0.15, -0.1) is 0 Å². The van der Waals surface area contributed by atoms with Crippen molar-refractivity contribution < 1.29 is 9.90 Å². The van der Waals surface area contributed by atoms with E-state index in [1.54, 1.807) is 0 Å². The molecule has 0 spiro atoms. The number of benzene rings is 1. The first-order chi connectivity index (χ1) is 9.06. The number of hydrogen-bond donors (Lipinski definition) is 1. The van der Waals surface area contributed by atoms with Crippen LogP contribution in [-0.2, 0) is 11.2 Å². The van der Waals surface area contributed by atoms with Crippen molar-refractivity contribution in [1.29, 1.82) is 0 Å². The number of carbonyl (C=O) groups is 1. The first-order valence-electron chi connectivity index (χ1n) is 7.03. The molecule has 0 aliphatic heterocycles. The molecule has 1 N–H and O–H groups in total. The molecule has 0 unspecified atom stereocenters. The molecule has 1 saturated carbocycles. The molecule has 1 aromatic rings. The van der Waals surface area contributed by atoms with Crippen molar-refractivity contribution in [3.8, 4) is 0 Å². The van der Waals surface area contributed by atoms with Crippen LogP contribution in [0, 0.1) is 12.8 Å². The van der Waals surface area contributed by atoms with Crippen molar-refractivity contribution in [2.24, 2.45) is 5.92 Å². The van der Waals surface area contributed by atoms with Gasteiger partial charge in [0.2, 0.25) is 5.91 Å². The summed E-state index contributed by atoms with van der Waals surface area (Å²) in [6.07, 6.45) is 2.92. The van der Waals surface area contributed by atoms with E-state index in [-0.39, 0.29) is 12.0 Å². The van der Waals surface area contributed by atoms with Gasteiger partial charge in [-0.05, 0) is 43.2 Å². The number of aliphatic hydroxyl groups is 1. The Bertz CT molecular complexity index is 438. The summed E-state index contributed by atoms with van der Waals surface area (Å²) in [5.74, 6) is 0.687. The molecule has 0 saturated heterocycles. The molecule has 3 nitrogen and oxygen atoms in total. The fraction of sp³-hybridized carbons (Fsp3) is 0.562. The van der Waals surface area contributed by atoms with E-state index in [2.05, 4.69) is 19.1 Å². The molecule has 0 atom stereocenters. The number of aryl methyl sites for hydroxylation is 2. The van der Waals surface area contributed by atoms with Gasteiger partial charge in [-0.2, -0.15) is 0 Å². The molecular weight excluding hydrogens is 238 g/mol. The first-order valence-corrected chi connectivity index (χ1v) is 7.03. The van der Waals surface area contributed by atoms with Gasteiger partial charge in [-0.25, -0.2) is 0 Å². The van der Waals surface area contributed by atoms with E-state index < -0.39 is 0 Å². The summed E-state index contributed by atoms with van der Waals surface area (Å²) in [5, 5.41) is 9.25. The number of rotatable bonds is 5. The van der Waals surface area contributed by atoms with Crippen molar-refractivity contribution >= 4 is 5.91 Å². The van der Waals surface area contributed by atoms with Crippen LogP contribution in [0.5, 0.6) is 0 Å². The molecule has 1 aliphatic rings. The Labute approximate surface area is 115 Å². The maximum atomic E-state index is 12.0. The zero-order chi connectivity index (χ0) is 13.8. The zero-order valence-corrected chi connectivity index (χ0v) is 11.8. The third-order valence-corrected chi connectivity index (χ3v) is 4.04. The highest BCUT2D eigenvalue weighted by atomic mass is 16.3. The van der Waals surface area contributed by atoms with Crippen molar-refractivity contribution in [2.75, 3.05) is 13.6 Å². The summed E-state index contributed by atoms with van der Waals surface area (Å²) in [7, 11) is 1.87. The predicted molar refractivity (Wildman–Crippen MR) is 75.9 cm³/mol. The summed E-state index contributed by atoms with van der Waals surface area (Å²) in [6, 6.07) is 8.21. The second-order valence-corrected chi connectivity index (χ2v) is 5.69. The standard InChI is InChI=1S/C16H23NO2/c1-12-5-3-4-6-14(12)7-8-16(19)17(2)11-13-9-15(18)10-13/h3-6,13,15,18H,7-11H2,1-2H3. The summed E-state index contributed by atoms with van der Waals surface area (Å²) in [6.45, 7) is 2.86. The largest absolute Gasteiger partial charge is 0.393 e. The Balaban J connectivity index is 1.76. The molecular formula is C16H23NO2. The summed E-state index contributed by atoms with van der Waals surface area (Å²) in [5.41, 5.74) is 2.50. The van der Waals surface area contributed by atoms with Crippen LogP contribution in [0.15, 0.2) is 24.3 Å². The van der Waals surface area contributed by atoms with E-state index in [4.69, 9.17) is 0 Å². The lowest BCUT2D eigenvalue weighted by Gasteiger charge is -2.34. The zero-order valence-electron chi connectivity index (χ0n) is 11.8. The van der Waals surface area contributed by atoms with Crippen LogP contribution in [0.4, 0.5) is 0 Å². The molecule has 104 valence electrons. The number of nitrogens with zero attached hydrogens (tertiary/aromatic N) is 1. The molecule has 0 bridgehead atoms. The lowest BCUT2D eigenvalue weighted by atomic mass is 9.82. The smallest absolute Gasteiger partial charge is 0.222 e. The first kappa shape index (κ1) is 14.1. The Morgan fingerprint density at radius 1 is 1.37 bits per heavy atom. The van der Waals surface area contributed by atoms with Crippen LogP contribution in [0.25, 0.3) is 0 Å². The minimum atomic E-state index is -0.138. The van der Waals surface area contributed by atoms with Crippen molar-refractivity contribution in [3.05, 3.63) is 35.4 Å². The fourth-order valence-electron chi connectivity index (χ4n) is 2.66. The summed E-state index contributed by atoms with van der Waals surface area (Å²) in [4.78, 5) is 13.9. The Morgan fingerprint density at radius 2 is 2.05 bits per heavy atom. The van der Waals surface area contributed by atoms with Gasteiger partial charge in [0.25, 0.3) is 0 Å². The Morgan fingerprint density at radius 3 is 2.68 bits per heavy atom. The van der Waals surface area contributed by atoms with Crippen LogP contribution in [0.3, 0.4) is 0 Å². The van der Waals surface area contributed by atoms with E-state index in [1.165, 1.54) is 11.1 Å². The molecule has 1 fully saturated rings. The van der Waals surface area contributed by atoms with Crippen LogP contribution in [0.2, 0.25) is 0 Å². The van der Waals surface area contributed by atoms with Crippen LogP contribution in [0.1, 0.15) is 30.4 Å². The maximum Gasteiger partial charge on any atom is 0.222 e. The average Bonchev–Trinajstić information content (AvgIpc) is 2.35. The number of amides is 1. The highest BCUT2D eigenvalue weighted by Gasteiger charge is 2.28. The van der Waals surface area contributed by atoms with Crippen molar-refractivity contribution in [3.63, 3.8) is 0 Å². The van der Waals surface area contributed by atoms with Gasteiger partial charge in [0, 0.05) is 20.0 Å². The Hall–Kier alpha value is -1.35. The van der Waals surface area contributed by atoms with Gasteiger partial charge in [0.1, 0.15) is 0 Å². The van der Waals surface area contributed by atoms with E-state index in [1.807, 2.05) is 24.1 Å². The van der Waals surface area contributed by atoms with E-state index >= 15 is 0 Å². The number of hydrogen-bond acceptors (Lipinski definition) is 2. The normalized spacial score (nSPS) is 21.8. The highest BCUT2D eigenvalue weighted by molar-refractivity contribution is 5.76. The molecule has 2 rings (SSSR count). The van der Waals surface area contributed by atoms with Gasteiger partial charge in [-0.3, -0.25) is 4.79 Å². The average molecular weight is 261 g/mol. The van der Waals surface area contributed by atoms with E-state index in [9.17, 15) is 9.90 Å². The SMILES string of the molecule is Cc1ccccc1CCC(=O)N(C)CC1CC(O)C1. The molecule has 0 radical (unpaired) electrons. The highest BCUT2D eigenvalue weighted by Crippen LogP contribution is 2.27. The summed E-state index contributed by atoms with van der Waals surface area (Å²) < 4.78 is 0. The second kappa shape index (κ2) is 6.20. The summed E-state index contributed by atoms with van der Waals surface area (Å²) >= 11 is 0. The van der Waals surface area contributed by atoms with Gasteiger partial charge in [0.15, 0.2) is 0 Å². The Kier molecular flexibility index (Phi) is 4.59. The molecule has 1 amide bonds. The maximum absolute atomic E-state index is 12.0. The predicted octanol–water partition coefficient (Wildman–Crippen LogP) is 2.16. The van der Waals surface area contributed by atoms with Crippen LogP contribution < -0.4 is 0 Å². The topological polar surface area (TPSA) is 40.5 Å². The van der Waals surface area contributed by atoms with Gasteiger partial charge in [0.05, 0.1) is 6.10 Å². The van der Waals surface area contributed by atoms with Gasteiger partial charge in [-0.1, -0.05) is 24.3 Å². The molecule has 3 heteroatoms. The molecule has 1 aromatic carbocycles. The van der Waals surface area contributed by atoms with Crippen molar-refractivity contribution in [2.45, 2.75) is 38.7 Å². The van der Waals surface area contributed by atoms with Gasteiger partial charge < -0.3 is 10.0 Å². The lowest BCUT2D eigenvalue weighted by Crippen LogP contribution is -2.39. The quantitative estimate of drug-likeness (QED) is 0.882. The van der Waals surface area contributed by atoms with Gasteiger partial charge >= 0.3 is 0 Å². The third kappa shape index (κ3) is 3.80. The van der Waals surface area contributed by atoms with Crippen LogP contribution >= 0.6 is 0 Å². The third-order valence-electron chi connectivity index (χ3n) is 4.04. The molecule has 19 heavy (non-hydrogen) atoms. The molecule has 0 heterocycles. The molecule has 0 aromatic heterocycles. The van der Waals surface area contributed by atoms with Crippen LogP contribution in [-0.4, -0.2) is 35.6 Å².